The number of rotatable bonds is 4. The van der Waals surface area contributed by atoms with Crippen molar-refractivity contribution in [1.29, 1.82) is 0 Å². The molecule has 20 heavy (non-hydrogen) atoms. The molecule has 2 rings (SSSR count). The minimum atomic E-state index is -0.120. The molecule has 1 aromatic heterocycles. The third-order valence-corrected chi connectivity index (χ3v) is 3.64. The topological polar surface area (TPSA) is 42.0 Å². The fourth-order valence-electron chi connectivity index (χ4n) is 1.94. The molecule has 0 aliphatic heterocycles. The van der Waals surface area contributed by atoms with Crippen molar-refractivity contribution in [3.63, 3.8) is 0 Å². The highest BCUT2D eigenvalue weighted by Gasteiger charge is 2.11. The summed E-state index contributed by atoms with van der Waals surface area (Å²) in [4.78, 5) is 16.1. The first-order valence-corrected chi connectivity index (χ1v) is 7.39. The number of carbonyl (C=O) groups excluding carboxylic acids is 1. The number of carbonyl (C=O) groups is 1. The van der Waals surface area contributed by atoms with Crippen LogP contribution >= 0.6 is 15.9 Å². The van der Waals surface area contributed by atoms with E-state index in [0.29, 0.717) is 5.56 Å². The number of hydrogen-bond donors (Lipinski definition) is 1. The summed E-state index contributed by atoms with van der Waals surface area (Å²) in [7, 11) is 0. The van der Waals surface area contributed by atoms with Gasteiger partial charge in [-0.1, -0.05) is 31.2 Å². The second-order valence-corrected chi connectivity index (χ2v) is 5.60. The molecule has 0 unspecified atom stereocenters. The molecule has 2 aromatic rings. The van der Waals surface area contributed by atoms with Gasteiger partial charge in [-0.2, -0.15) is 0 Å². The molecular weight excluding hydrogens is 316 g/mol. The van der Waals surface area contributed by atoms with Gasteiger partial charge >= 0.3 is 0 Å². The molecule has 1 atom stereocenters. The Kier molecular flexibility index (Phi) is 4.90. The van der Waals surface area contributed by atoms with Crippen LogP contribution in [0.1, 0.15) is 41.4 Å². The van der Waals surface area contributed by atoms with Gasteiger partial charge in [-0.25, -0.2) is 0 Å². The normalized spacial score (nSPS) is 11.9. The Balaban J connectivity index is 2.06. The van der Waals surface area contributed by atoms with E-state index in [4.69, 9.17) is 0 Å². The summed E-state index contributed by atoms with van der Waals surface area (Å²) in [5.74, 6) is -0.120. The Morgan fingerprint density at radius 2 is 2.00 bits per heavy atom. The molecule has 3 nitrogen and oxygen atoms in total. The molecule has 1 N–H and O–H groups in total. The van der Waals surface area contributed by atoms with Gasteiger partial charge in [-0.15, -0.1) is 0 Å². The van der Waals surface area contributed by atoms with E-state index in [1.54, 1.807) is 18.5 Å². The second-order valence-electron chi connectivity index (χ2n) is 4.68. The molecule has 0 radical (unpaired) electrons. The van der Waals surface area contributed by atoms with Crippen LogP contribution < -0.4 is 5.32 Å². The average Bonchev–Trinajstić information content (AvgIpc) is 2.47. The summed E-state index contributed by atoms with van der Waals surface area (Å²) in [6, 6.07) is 10.0. The maximum Gasteiger partial charge on any atom is 0.253 e. The fourth-order valence-corrected chi connectivity index (χ4v) is 2.31. The summed E-state index contributed by atoms with van der Waals surface area (Å²) in [6.45, 7) is 4.10. The number of benzene rings is 1. The van der Waals surface area contributed by atoms with Gasteiger partial charge in [0.15, 0.2) is 0 Å². The first-order chi connectivity index (χ1) is 9.60. The summed E-state index contributed by atoms with van der Waals surface area (Å²) >= 11 is 3.31. The van der Waals surface area contributed by atoms with Gasteiger partial charge in [0.25, 0.3) is 5.91 Å². The molecule has 0 aliphatic carbocycles. The predicted octanol–water partition coefficient (Wildman–Crippen LogP) is 3.90. The van der Waals surface area contributed by atoms with Crippen molar-refractivity contribution in [1.82, 2.24) is 10.3 Å². The van der Waals surface area contributed by atoms with E-state index in [2.05, 4.69) is 57.4 Å². The Bertz CT molecular complexity index is 596. The lowest BCUT2D eigenvalue weighted by Gasteiger charge is -2.14. The van der Waals surface area contributed by atoms with E-state index in [9.17, 15) is 4.79 Å². The lowest BCUT2D eigenvalue weighted by molar-refractivity contribution is 0.0939. The highest BCUT2D eigenvalue weighted by Crippen LogP contribution is 2.15. The molecule has 1 amide bonds. The quantitative estimate of drug-likeness (QED) is 0.922. The van der Waals surface area contributed by atoms with Crippen LogP contribution in [0, 0.1) is 0 Å². The van der Waals surface area contributed by atoms with Crippen LogP contribution in [0.2, 0.25) is 0 Å². The molecule has 0 aliphatic rings. The van der Waals surface area contributed by atoms with Crippen molar-refractivity contribution in [3.05, 3.63) is 63.9 Å². The molecular formula is C16H17BrN2O. The van der Waals surface area contributed by atoms with Crippen LogP contribution in [0.3, 0.4) is 0 Å². The van der Waals surface area contributed by atoms with Gasteiger partial charge < -0.3 is 5.32 Å². The lowest BCUT2D eigenvalue weighted by atomic mass is 10.0. The van der Waals surface area contributed by atoms with Gasteiger partial charge in [0.1, 0.15) is 0 Å². The van der Waals surface area contributed by atoms with Crippen LogP contribution in [0.5, 0.6) is 0 Å². The number of hydrogen-bond acceptors (Lipinski definition) is 2. The number of pyridine rings is 1. The molecule has 0 spiro atoms. The van der Waals surface area contributed by atoms with E-state index in [-0.39, 0.29) is 11.9 Å². The summed E-state index contributed by atoms with van der Waals surface area (Å²) < 4.78 is 0.796. The van der Waals surface area contributed by atoms with Gasteiger partial charge in [0.2, 0.25) is 0 Å². The third kappa shape index (κ3) is 3.67. The Morgan fingerprint density at radius 1 is 1.30 bits per heavy atom. The van der Waals surface area contributed by atoms with E-state index < -0.39 is 0 Å². The first kappa shape index (κ1) is 14.7. The van der Waals surface area contributed by atoms with Crippen molar-refractivity contribution in [2.75, 3.05) is 0 Å². The van der Waals surface area contributed by atoms with Gasteiger partial charge in [0, 0.05) is 16.9 Å². The van der Waals surface area contributed by atoms with Gasteiger partial charge in [0.05, 0.1) is 11.6 Å². The minimum absolute atomic E-state index is 0.0348. The SMILES string of the molecule is CCc1ccc([C@@H](C)NC(=O)c2cncc(Br)c2)cc1. The van der Waals surface area contributed by atoms with Crippen molar-refractivity contribution in [2.24, 2.45) is 0 Å². The maximum absolute atomic E-state index is 12.1. The van der Waals surface area contributed by atoms with Gasteiger partial charge in [-0.3, -0.25) is 9.78 Å². The molecule has 1 heterocycles. The predicted molar refractivity (Wildman–Crippen MR) is 83.6 cm³/mol. The summed E-state index contributed by atoms with van der Waals surface area (Å²) in [6.07, 6.45) is 4.24. The summed E-state index contributed by atoms with van der Waals surface area (Å²) in [5.41, 5.74) is 2.94. The largest absolute Gasteiger partial charge is 0.345 e. The minimum Gasteiger partial charge on any atom is -0.345 e. The molecule has 4 heteroatoms. The van der Waals surface area contributed by atoms with E-state index in [0.717, 1.165) is 16.5 Å². The highest BCUT2D eigenvalue weighted by molar-refractivity contribution is 9.10. The molecule has 0 bridgehead atoms. The number of amides is 1. The molecule has 1 aromatic carbocycles. The number of nitrogens with zero attached hydrogens (tertiary/aromatic N) is 1. The van der Waals surface area contributed by atoms with Crippen molar-refractivity contribution in [2.45, 2.75) is 26.3 Å². The van der Waals surface area contributed by atoms with Crippen molar-refractivity contribution >= 4 is 21.8 Å². The summed E-state index contributed by atoms with van der Waals surface area (Å²) in [5, 5.41) is 2.98. The van der Waals surface area contributed by atoms with E-state index in [1.807, 2.05) is 6.92 Å². The van der Waals surface area contributed by atoms with Crippen LogP contribution in [0.15, 0.2) is 47.2 Å². The number of halogens is 1. The Labute approximate surface area is 127 Å². The number of nitrogens with one attached hydrogen (secondary N) is 1. The molecule has 0 saturated carbocycles. The van der Waals surface area contributed by atoms with E-state index >= 15 is 0 Å². The monoisotopic (exact) mass is 332 g/mol. The van der Waals surface area contributed by atoms with Crippen LogP contribution in [-0.2, 0) is 6.42 Å². The lowest BCUT2D eigenvalue weighted by Crippen LogP contribution is -2.26. The zero-order valence-electron chi connectivity index (χ0n) is 11.6. The van der Waals surface area contributed by atoms with E-state index in [1.165, 1.54) is 5.56 Å². The highest BCUT2D eigenvalue weighted by atomic mass is 79.9. The van der Waals surface area contributed by atoms with Crippen LogP contribution in [-0.4, -0.2) is 10.9 Å². The molecule has 0 saturated heterocycles. The fraction of sp³-hybridized carbons (Fsp3) is 0.250. The standard InChI is InChI=1S/C16H17BrN2O/c1-3-12-4-6-13(7-5-12)11(2)19-16(20)14-8-15(17)10-18-9-14/h4-11H,3H2,1-2H3,(H,19,20)/t11-/m1/s1. The number of aryl methyl sites for hydroxylation is 1. The van der Waals surface area contributed by atoms with Gasteiger partial charge in [-0.05, 0) is 46.5 Å². The van der Waals surface area contributed by atoms with Crippen LogP contribution in [0.25, 0.3) is 0 Å². The van der Waals surface area contributed by atoms with Crippen LogP contribution in [0.4, 0.5) is 0 Å². The maximum atomic E-state index is 12.1. The first-order valence-electron chi connectivity index (χ1n) is 6.60. The zero-order chi connectivity index (χ0) is 14.5. The second kappa shape index (κ2) is 6.66. The smallest absolute Gasteiger partial charge is 0.253 e. The zero-order valence-corrected chi connectivity index (χ0v) is 13.1. The molecule has 104 valence electrons. The third-order valence-electron chi connectivity index (χ3n) is 3.20. The average molecular weight is 333 g/mol. The Morgan fingerprint density at radius 3 is 2.60 bits per heavy atom. The van der Waals surface area contributed by atoms with Crippen molar-refractivity contribution in [3.8, 4) is 0 Å². The Hall–Kier alpha value is -1.68. The molecule has 0 fully saturated rings. The van der Waals surface area contributed by atoms with Crippen molar-refractivity contribution < 1.29 is 4.79 Å². The number of aromatic nitrogens is 1.